The van der Waals surface area contributed by atoms with Gasteiger partial charge in [0.1, 0.15) is 6.10 Å². The Morgan fingerprint density at radius 1 is 1.56 bits per heavy atom. The molecule has 2 atom stereocenters. The molecule has 100 valence electrons. The first kappa shape index (κ1) is 13.3. The van der Waals surface area contributed by atoms with Gasteiger partial charge in [0.05, 0.1) is 6.61 Å². The van der Waals surface area contributed by atoms with Crippen LogP contribution in [-0.2, 0) is 9.57 Å². The van der Waals surface area contributed by atoms with Gasteiger partial charge >= 0.3 is 0 Å². The molecule has 0 amide bonds. The van der Waals surface area contributed by atoms with Gasteiger partial charge in [-0.3, -0.25) is 4.84 Å². The molecule has 1 fully saturated rings. The molecule has 18 heavy (non-hydrogen) atoms. The second-order valence-corrected chi connectivity index (χ2v) is 4.43. The van der Waals surface area contributed by atoms with Crippen molar-refractivity contribution in [1.29, 1.82) is 0 Å². The Hall–Kier alpha value is -1.11. The van der Waals surface area contributed by atoms with Gasteiger partial charge in [-0.05, 0) is 6.07 Å². The molecule has 1 saturated heterocycles. The number of hydroxylamine groups is 2. The van der Waals surface area contributed by atoms with Crippen molar-refractivity contribution in [2.75, 3.05) is 26.8 Å². The van der Waals surface area contributed by atoms with Gasteiger partial charge in [-0.2, -0.15) is 9.45 Å². The SMILES string of the molecule is COCCN1C[C@@H](C)[C@H](c2cnc(F)c(F)c2)O1. The van der Waals surface area contributed by atoms with Gasteiger partial charge in [-0.25, -0.2) is 9.37 Å². The minimum atomic E-state index is -1.08. The molecule has 1 aromatic heterocycles. The minimum absolute atomic E-state index is 0.188. The third-order valence-electron chi connectivity index (χ3n) is 2.96. The third-order valence-corrected chi connectivity index (χ3v) is 2.96. The summed E-state index contributed by atoms with van der Waals surface area (Å²) in [4.78, 5) is 9.06. The fourth-order valence-corrected chi connectivity index (χ4v) is 2.04. The van der Waals surface area contributed by atoms with E-state index in [1.165, 1.54) is 6.20 Å². The molecule has 6 heteroatoms. The van der Waals surface area contributed by atoms with E-state index in [0.29, 0.717) is 18.7 Å². The number of nitrogens with zero attached hydrogens (tertiary/aromatic N) is 2. The normalized spacial score (nSPS) is 24.7. The monoisotopic (exact) mass is 258 g/mol. The molecule has 0 N–H and O–H groups in total. The quantitative estimate of drug-likeness (QED) is 0.773. The van der Waals surface area contributed by atoms with Crippen LogP contribution in [0.5, 0.6) is 0 Å². The van der Waals surface area contributed by atoms with Gasteiger partial charge in [0, 0.05) is 37.9 Å². The Morgan fingerprint density at radius 2 is 2.33 bits per heavy atom. The van der Waals surface area contributed by atoms with Crippen molar-refractivity contribution in [3.63, 3.8) is 0 Å². The highest BCUT2D eigenvalue weighted by molar-refractivity contribution is 5.16. The number of ether oxygens (including phenoxy) is 1. The Kier molecular flexibility index (Phi) is 4.21. The van der Waals surface area contributed by atoms with E-state index in [9.17, 15) is 8.78 Å². The number of halogens is 2. The second kappa shape index (κ2) is 5.69. The second-order valence-electron chi connectivity index (χ2n) is 4.43. The number of methoxy groups -OCH3 is 1. The molecule has 0 radical (unpaired) electrons. The molecule has 1 aliphatic heterocycles. The fraction of sp³-hybridized carbons (Fsp3) is 0.583. The van der Waals surface area contributed by atoms with Gasteiger partial charge in [-0.15, -0.1) is 0 Å². The lowest BCUT2D eigenvalue weighted by Crippen LogP contribution is -2.23. The molecule has 0 bridgehead atoms. The van der Waals surface area contributed by atoms with Crippen LogP contribution in [0, 0.1) is 17.7 Å². The summed E-state index contributed by atoms with van der Waals surface area (Å²) >= 11 is 0. The van der Waals surface area contributed by atoms with Crippen LogP contribution in [0.3, 0.4) is 0 Å². The molecule has 0 saturated carbocycles. The van der Waals surface area contributed by atoms with Gasteiger partial charge in [0.25, 0.3) is 0 Å². The van der Waals surface area contributed by atoms with Crippen molar-refractivity contribution >= 4 is 0 Å². The number of hydrogen-bond acceptors (Lipinski definition) is 4. The predicted molar refractivity (Wildman–Crippen MR) is 60.6 cm³/mol. The van der Waals surface area contributed by atoms with Gasteiger partial charge < -0.3 is 4.74 Å². The smallest absolute Gasteiger partial charge is 0.248 e. The van der Waals surface area contributed by atoms with E-state index in [0.717, 1.165) is 12.6 Å². The Bertz CT molecular complexity index is 417. The van der Waals surface area contributed by atoms with Gasteiger partial charge in [0.15, 0.2) is 5.82 Å². The van der Waals surface area contributed by atoms with E-state index in [-0.39, 0.29) is 12.0 Å². The average Bonchev–Trinajstić information content (AvgIpc) is 2.71. The Morgan fingerprint density at radius 3 is 3.00 bits per heavy atom. The van der Waals surface area contributed by atoms with Crippen molar-refractivity contribution in [3.8, 4) is 0 Å². The highest BCUT2D eigenvalue weighted by atomic mass is 19.2. The molecule has 0 spiro atoms. The maximum Gasteiger partial charge on any atom is 0.248 e. The summed E-state index contributed by atoms with van der Waals surface area (Å²) in [5, 5.41) is 1.78. The summed E-state index contributed by atoms with van der Waals surface area (Å²) in [5.41, 5.74) is 0.557. The third kappa shape index (κ3) is 2.82. The van der Waals surface area contributed by atoms with Crippen LogP contribution < -0.4 is 0 Å². The van der Waals surface area contributed by atoms with E-state index in [1.54, 1.807) is 12.2 Å². The van der Waals surface area contributed by atoms with Crippen LogP contribution in [0.1, 0.15) is 18.6 Å². The lowest BCUT2D eigenvalue weighted by atomic mass is 10.00. The standard InChI is InChI=1S/C12H16F2N2O2/c1-8-7-16(3-4-17-2)18-11(8)9-5-10(13)12(14)15-6-9/h5-6,8,11H,3-4,7H2,1-2H3/t8-,11-/m1/s1. The van der Waals surface area contributed by atoms with Gasteiger partial charge in [0.2, 0.25) is 5.95 Å². The van der Waals surface area contributed by atoms with Crippen LogP contribution >= 0.6 is 0 Å². The molecule has 1 aromatic rings. The molecular formula is C12H16F2N2O2. The van der Waals surface area contributed by atoms with Crippen molar-refractivity contribution in [3.05, 3.63) is 29.6 Å². The summed E-state index contributed by atoms with van der Waals surface area (Å²) in [6.45, 7) is 3.94. The van der Waals surface area contributed by atoms with Crippen LogP contribution in [0.2, 0.25) is 0 Å². The van der Waals surface area contributed by atoms with Crippen molar-refractivity contribution in [1.82, 2.24) is 10.0 Å². The lowest BCUT2D eigenvalue weighted by molar-refractivity contribution is -0.155. The molecule has 1 aliphatic rings. The van der Waals surface area contributed by atoms with Crippen LogP contribution in [-0.4, -0.2) is 36.9 Å². The van der Waals surface area contributed by atoms with E-state index in [2.05, 4.69) is 4.98 Å². The average molecular weight is 258 g/mol. The Labute approximate surface area is 104 Å². The number of rotatable bonds is 4. The molecule has 0 unspecified atom stereocenters. The van der Waals surface area contributed by atoms with Crippen LogP contribution in [0.25, 0.3) is 0 Å². The molecule has 0 aromatic carbocycles. The van der Waals surface area contributed by atoms with E-state index < -0.39 is 11.8 Å². The fourth-order valence-electron chi connectivity index (χ4n) is 2.04. The summed E-state index contributed by atoms with van der Waals surface area (Å²) in [6.07, 6.45) is 1.03. The van der Waals surface area contributed by atoms with Crippen LogP contribution in [0.4, 0.5) is 8.78 Å². The minimum Gasteiger partial charge on any atom is -0.383 e. The first-order valence-corrected chi connectivity index (χ1v) is 5.83. The topological polar surface area (TPSA) is 34.6 Å². The van der Waals surface area contributed by atoms with Gasteiger partial charge in [-0.1, -0.05) is 6.92 Å². The maximum atomic E-state index is 13.1. The van der Waals surface area contributed by atoms with Crippen LogP contribution in [0.15, 0.2) is 12.3 Å². The molecule has 2 heterocycles. The molecule has 2 rings (SSSR count). The summed E-state index contributed by atoms with van der Waals surface area (Å²) in [6, 6.07) is 1.14. The van der Waals surface area contributed by atoms with E-state index in [4.69, 9.17) is 9.57 Å². The van der Waals surface area contributed by atoms with E-state index in [1.807, 2.05) is 6.92 Å². The van der Waals surface area contributed by atoms with Crippen molar-refractivity contribution < 1.29 is 18.4 Å². The summed E-state index contributed by atoms with van der Waals surface area (Å²) in [5.74, 6) is -1.84. The molecule has 4 nitrogen and oxygen atoms in total. The lowest BCUT2D eigenvalue weighted by Gasteiger charge is -2.16. The zero-order chi connectivity index (χ0) is 13.1. The summed E-state index contributed by atoms with van der Waals surface area (Å²) in [7, 11) is 1.62. The number of aromatic nitrogens is 1. The summed E-state index contributed by atoms with van der Waals surface area (Å²) < 4.78 is 30.9. The first-order chi connectivity index (χ1) is 8.61. The van der Waals surface area contributed by atoms with Crippen molar-refractivity contribution in [2.24, 2.45) is 5.92 Å². The highest BCUT2D eigenvalue weighted by Crippen LogP contribution is 2.33. The van der Waals surface area contributed by atoms with E-state index >= 15 is 0 Å². The highest BCUT2D eigenvalue weighted by Gasteiger charge is 2.32. The van der Waals surface area contributed by atoms with Crippen molar-refractivity contribution in [2.45, 2.75) is 13.0 Å². The maximum absolute atomic E-state index is 13.1. The Balaban J connectivity index is 2.06. The first-order valence-electron chi connectivity index (χ1n) is 5.83. The molecular weight excluding hydrogens is 242 g/mol. The molecule has 0 aliphatic carbocycles. The zero-order valence-electron chi connectivity index (χ0n) is 10.4. The zero-order valence-corrected chi connectivity index (χ0v) is 10.4. The number of pyridine rings is 1. The number of hydrogen-bond donors (Lipinski definition) is 0. The predicted octanol–water partition coefficient (Wildman–Crippen LogP) is 1.93. The largest absolute Gasteiger partial charge is 0.383 e.